The van der Waals surface area contributed by atoms with Crippen LogP contribution in [0.25, 0.3) is 0 Å². The minimum atomic E-state index is 0.172. The lowest BCUT2D eigenvalue weighted by atomic mass is 10.2. The van der Waals surface area contributed by atoms with Crippen molar-refractivity contribution in [2.75, 3.05) is 0 Å². The van der Waals surface area contributed by atoms with Gasteiger partial charge in [0.05, 0.1) is 29.1 Å². The molecular weight excluding hydrogens is 226 g/mol. The second kappa shape index (κ2) is 4.73. The van der Waals surface area contributed by atoms with Gasteiger partial charge in [-0.2, -0.15) is 5.10 Å². The fourth-order valence-electron chi connectivity index (χ4n) is 2.18. The molecule has 2 atom stereocenters. The van der Waals surface area contributed by atoms with Crippen molar-refractivity contribution in [1.29, 1.82) is 0 Å². The zero-order chi connectivity index (χ0) is 11.7. The molecule has 2 unspecified atom stereocenters. The molecule has 1 saturated carbocycles. The Balaban J connectivity index is 1.99. The summed E-state index contributed by atoms with van der Waals surface area (Å²) in [5.74, 6) is 0. The molecule has 2 N–H and O–H groups in total. The van der Waals surface area contributed by atoms with Crippen LogP contribution in [0.1, 0.15) is 30.7 Å². The fraction of sp³-hybridized carbons (Fsp3) is 0.727. The van der Waals surface area contributed by atoms with Gasteiger partial charge in [0.2, 0.25) is 0 Å². The molecule has 0 bridgehead atoms. The fourth-order valence-corrected chi connectivity index (χ4v) is 2.40. The zero-order valence-electron chi connectivity index (χ0n) is 9.74. The average molecular weight is 244 g/mol. The number of aryl methyl sites for hydroxylation is 2. The van der Waals surface area contributed by atoms with Crippen molar-refractivity contribution in [2.45, 2.75) is 44.9 Å². The lowest BCUT2D eigenvalue weighted by Gasteiger charge is -2.16. The second-order valence-corrected chi connectivity index (χ2v) is 4.79. The molecule has 1 heterocycles. The van der Waals surface area contributed by atoms with Gasteiger partial charge in [-0.25, -0.2) is 0 Å². The Morgan fingerprint density at radius 1 is 1.56 bits per heavy atom. The van der Waals surface area contributed by atoms with Gasteiger partial charge in [0.15, 0.2) is 0 Å². The molecular formula is C11H18ClN3O. The molecule has 16 heavy (non-hydrogen) atoms. The Kier molecular flexibility index (Phi) is 3.52. The number of halogens is 1. The molecule has 4 nitrogen and oxygen atoms in total. The molecule has 1 aromatic heterocycles. The summed E-state index contributed by atoms with van der Waals surface area (Å²) >= 11 is 6.14. The van der Waals surface area contributed by atoms with Crippen LogP contribution in [0.5, 0.6) is 0 Å². The lowest BCUT2D eigenvalue weighted by Crippen LogP contribution is -2.31. The lowest BCUT2D eigenvalue weighted by molar-refractivity contribution is 0.0324. The summed E-state index contributed by atoms with van der Waals surface area (Å²) in [7, 11) is 1.88. The molecule has 1 aromatic rings. The van der Waals surface area contributed by atoms with E-state index in [0.717, 1.165) is 30.7 Å². The maximum atomic E-state index is 6.14. The molecule has 2 rings (SSSR count). The predicted molar refractivity (Wildman–Crippen MR) is 63.4 cm³/mol. The second-order valence-electron chi connectivity index (χ2n) is 4.41. The molecule has 0 aliphatic heterocycles. The summed E-state index contributed by atoms with van der Waals surface area (Å²) in [6.07, 6.45) is 3.44. The van der Waals surface area contributed by atoms with Gasteiger partial charge in [0, 0.05) is 13.1 Å². The predicted octanol–water partition coefficient (Wildman–Crippen LogP) is 1.78. The van der Waals surface area contributed by atoms with Crippen LogP contribution in [0.2, 0.25) is 5.02 Å². The molecule has 0 saturated heterocycles. The van der Waals surface area contributed by atoms with Crippen molar-refractivity contribution in [3.63, 3.8) is 0 Å². The van der Waals surface area contributed by atoms with Crippen LogP contribution in [0.4, 0.5) is 0 Å². The van der Waals surface area contributed by atoms with Crippen molar-refractivity contribution in [3.05, 3.63) is 16.4 Å². The van der Waals surface area contributed by atoms with E-state index in [1.54, 1.807) is 4.68 Å². The van der Waals surface area contributed by atoms with Crippen LogP contribution in [0.3, 0.4) is 0 Å². The van der Waals surface area contributed by atoms with Crippen LogP contribution in [-0.4, -0.2) is 21.9 Å². The van der Waals surface area contributed by atoms with Crippen molar-refractivity contribution in [1.82, 2.24) is 9.78 Å². The Bertz CT molecular complexity index is 378. The number of aromatic nitrogens is 2. The van der Waals surface area contributed by atoms with Crippen LogP contribution >= 0.6 is 11.6 Å². The third-order valence-electron chi connectivity index (χ3n) is 3.20. The van der Waals surface area contributed by atoms with E-state index in [2.05, 4.69) is 5.10 Å². The van der Waals surface area contributed by atoms with Crippen molar-refractivity contribution < 1.29 is 4.74 Å². The van der Waals surface area contributed by atoms with Crippen molar-refractivity contribution >= 4 is 11.6 Å². The third-order valence-corrected chi connectivity index (χ3v) is 3.69. The SMILES string of the molecule is Cc1nn(C)c(COC2CCCC2N)c1Cl. The van der Waals surface area contributed by atoms with Crippen LogP contribution < -0.4 is 5.73 Å². The van der Waals surface area contributed by atoms with E-state index in [1.807, 2.05) is 14.0 Å². The molecule has 0 aromatic carbocycles. The minimum absolute atomic E-state index is 0.172. The first kappa shape index (κ1) is 11.9. The Morgan fingerprint density at radius 2 is 2.31 bits per heavy atom. The van der Waals surface area contributed by atoms with Gasteiger partial charge < -0.3 is 10.5 Å². The van der Waals surface area contributed by atoms with Crippen molar-refractivity contribution in [3.8, 4) is 0 Å². The quantitative estimate of drug-likeness (QED) is 0.881. The number of nitrogens with zero attached hydrogens (tertiary/aromatic N) is 2. The van der Waals surface area contributed by atoms with Crippen LogP contribution in [0, 0.1) is 6.92 Å². The number of ether oxygens (including phenoxy) is 1. The largest absolute Gasteiger partial charge is 0.370 e. The Labute approximate surface area is 101 Å². The summed E-state index contributed by atoms with van der Waals surface area (Å²) < 4.78 is 7.58. The highest BCUT2D eigenvalue weighted by Crippen LogP contribution is 2.24. The van der Waals surface area contributed by atoms with Crippen LogP contribution in [0.15, 0.2) is 0 Å². The Morgan fingerprint density at radius 3 is 2.81 bits per heavy atom. The topological polar surface area (TPSA) is 53.1 Å². The zero-order valence-corrected chi connectivity index (χ0v) is 10.5. The molecule has 0 spiro atoms. The Hall–Kier alpha value is -0.580. The molecule has 5 heteroatoms. The van der Waals surface area contributed by atoms with Gasteiger partial charge in [-0.3, -0.25) is 4.68 Å². The van der Waals surface area contributed by atoms with E-state index in [9.17, 15) is 0 Å². The van der Waals surface area contributed by atoms with Gasteiger partial charge in [-0.15, -0.1) is 0 Å². The summed E-state index contributed by atoms with van der Waals surface area (Å²) in [6.45, 7) is 2.39. The number of hydrogen-bond donors (Lipinski definition) is 1. The highest BCUT2D eigenvalue weighted by atomic mass is 35.5. The third kappa shape index (κ3) is 2.24. The highest BCUT2D eigenvalue weighted by Gasteiger charge is 2.25. The van der Waals surface area contributed by atoms with Gasteiger partial charge in [-0.1, -0.05) is 11.6 Å². The first-order valence-electron chi connectivity index (χ1n) is 5.64. The van der Waals surface area contributed by atoms with Gasteiger partial charge >= 0.3 is 0 Å². The van der Waals surface area contributed by atoms with E-state index < -0.39 is 0 Å². The van der Waals surface area contributed by atoms with Gasteiger partial charge in [0.1, 0.15) is 0 Å². The summed E-state index contributed by atoms with van der Waals surface area (Å²) in [5.41, 5.74) is 7.72. The molecule has 1 aliphatic carbocycles. The molecule has 1 fully saturated rings. The van der Waals surface area contributed by atoms with Gasteiger partial charge in [0.25, 0.3) is 0 Å². The molecule has 90 valence electrons. The molecule has 1 aliphatic rings. The standard InChI is InChI=1S/C11H18ClN3O/c1-7-11(12)9(15(2)14-7)6-16-10-5-3-4-8(10)13/h8,10H,3-6,13H2,1-2H3. The maximum Gasteiger partial charge on any atom is 0.0904 e. The van der Waals surface area contributed by atoms with E-state index in [-0.39, 0.29) is 12.1 Å². The molecule has 0 radical (unpaired) electrons. The minimum Gasteiger partial charge on any atom is -0.370 e. The first-order chi connectivity index (χ1) is 7.59. The first-order valence-corrected chi connectivity index (χ1v) is 6.02. The van der Waals surface area contributed by atoms with E-state index >= 15 is 0 Å². The van der Waals surface area contributed by atoms with E-state index in [4.69, 9.17) is 22.1 Å². The van der Waals surface area contributed by atoms with Crippen LogP contribution in [-0.2, 0) is 18.4 Å². The molecule has 0 amide bonds. The highest BCUT2D eigenvalue weighted by molar-refractivity contribution is 6.31. The summed E-state index contributed by atoms with van der Waals surface area (Å²) in [6, 6.07) is 0.174. The normalized spacial score (nSPS) is 25.2. The number of hydrogen-bond acceptors (Lipinski definition) is 3. The van der Waals surface area contributed by atoms with E-state index in [0.29, 0.717) is 11.6 Å². The average Bonchev–Trinajstić information content (AvgIpc) is 2.72. The smallest absolute Gasteiger partial charge is 0.0904 e. The number of rotatable bonds is 3. The van der Waals surface area contributed by atoms with E-state index in [1.165, 1.54) is 0 Å². The summed E-state index contributed by atoms with van der Waals surface area (Å²) in [5, 5.41) is 4.95. The monoisotopic (exact) mass is 243 g/mol. The van der Waals surface area contributed by atoms with Gasteiger partial charge in [-0.05, 0) is 26.2 Å². The van der Waals surface area contributed by atoms with Crippen molar-refractivity contribution in [2.24, 2.45) is 12.8 Å². The number of nitrogens with two attached hydrogens (primary N) is 1. The maximum absolute atomic E-state index is 6.14. The summed E-state index contributed by atoms with van der Waals surface area (Å²) in [4.78, 5) is 0.